The zero-order chi connectivity index (χ0) is 28.2. The fourth-order valence-electron chi connectivity index (χ4n) is 3.46. The summed E-state index contributed by atoms with van der Waals surface area (Å²) < 4.78 is 0. The maximum Gasteiger partial charge on any atom is 0.248 e. The fourth-order valence-corrected chi connectivity index (χ4v) is 3.46. The van der Waals surface area contributed by atoms with E-state index in [-0.39, 0.29) is 17.7 Å². The minimum absolute atomic E-state index is 0.0727. The van der Waals surface area contributed by atoms with E-state index in [1.165, 1.54) is 0 Å². The van der Waals surface area contributed by atoms with Crippen LogP contribution in [-0.2, 0) is 14.4 Å². The average Bonchev–Trinajstić information content (AvgIpc) is 2.86. The van der Waals surface area contributed by atoms with E-state index in [9.17, 15) is 14.4 Å². The van der Waals surface area contributed by atoms with Crippen molar-refractivity contribution in [3.63, 3.8) is 0 Å². The minimum Gasteiger partial charge on any atom is -0.336 e. The lowest BCUT2D eigenvalue weighted by Gasteiger charge is -2.26. The van der Waals surface area contributed by atoms with Crippen LogP contribution in [0, 0.1) is 0 Å². The second-order valence-corrected chi connectivity index (χ2v) is 9.04. The molecule has 0 aromatic rings. The molecule has 0 aromatic carbocycles. The lowest BCUT2D eigenvalue weighted by atomic mass is 10.2. The molecule has 0 spiro atoms. The van der Waals surface area contributed by atoms with Gasteiger partial charge in [-0.1, -0.05) is 19.7 Å². The van der Waals surface area contributed by atoms with Gasteiger partial charge in [0.2, 0.25) is 17.7 Å². The molecule has 0 unspecified atom stereocenters. The summed E-state index contributed by atoms with van der Waals surface area (Å²) in [6.45, 7) is 24.1. The molecule has 11 nitrogen and oxygen atoms in total. The largest absolute Gasteiger partial charge is 0.336 e. The van der Waals surface area contributed by atoms with Crippen molar-refractivity contribution in [2.45, 2.75) is 20.8 Å². The predicted molar refractivity (Wildman–Crippen MR) is 151 cm³/mol. The van der Waals surface area contributed by atoms with E-state index in [0.717, 1.165) is 0 Å². The van der Waals surface area contributed by atoms with Gasteiger partial charge in [0.1, 0.15) is 0 Å². The normalized spacial score (nSPS) is 10.6. The Labute approximate surface area is 223 Å². The molecule has 3 amide bonds. The maximum atomic E-state index is 12.6. The topological polar surface area (TPSA) is 149 Å². The highest BCUT2D eigenvalue weighted by Crippen LogP contribution is 2.00. The summed E-state index contributed by atoms with van der Waals surface area (Å²) >= 11 is 0. The standard InChI is InChI=1S/C26H50N8O3/c1-21(2)24(35)32(15-8-28)16-11-30-12-19-34(26(37)23(5)6)20-14-31-13-18-33(25(36)22(3)4)17-10-29-9-7-27/h29-31H,1,3,5,7-20,27-28H2,2,4,6H3. The van der Waals surface area contributed by atoms with Crippen molar-refractivity contribution in [1.29, 1.82) is 0 Å². The molecule has 0 aromatic heterocycles. The van der Waals surface area contributed by atoms with Gasteiger partial charge in [-0.15, -0.1) is 0 Å². The molecule has 11 heteroatoms. The van der Waals surface area contributed by atoms with Crippen LogP contribution in [0.15, 0.2) is 36.5 Å². The molecule has 0 aliphatic carbocycles. The Hall–Kier alpha value is -2.57. The highest BCUT2D eigenvalue weighted by molar-refractivity contribution is 5.93. The van der Waals surface area contributed by atoms with Gasteiger partial charge < -0.3 is 42.1 Å². The fraction of sp³-hybridized carbons (Fsp3) is 0.654. The van der Waals surface area contributed by atoms with Crippen LogP contribution >= 0.6 is 0 Å². The number of nitrogens with one attached hydrogen (secondary N) is 3. The van der Waals surface area contributed by atoms with E-state index < -0.39 is 0 Å². The Bertz CT molecular complexity index is 756. The summed E-state index contributed by atoms with van der Waals surface area (Å²) in [6, 6.07) is 0. The van der Waals surface area contributed by atoms with Crippen molar-refractivity contribution < 1.29 is 14.4 Å². The number of amides is 3. The van der Waals surface area contributed by atoms with Crippen molar-refractivity contribution >= 4 is 17.7 Å². The van der Waals surface area contributed by atoms with Gasteiger partial charge in [-0.05, 0) is 20.8 Å². The van der Waals surface area contributed by atoms with Crippen LogP contribution in [0.3, 0.4) is 0 Å². The molecule has 212 valence electrons. The molecular weight excluding hydrogens is 472 g/mol. The summed E-state index contributed by atoms with van der Waals surface area (Å²) in [5.74, 6) is -0.278. The molecule has 0 radical (unpaired) electrons. The van der Waals surface area contributed by atoms with Crippen LogP contribution < -0.4 is 27.4 Å². The molecule has 37 heavy (non-hydrogen) atoms. The molecule has 0 fully saturated rings. The first kappa shape index (κ1) is 34.4. The molecule has 0 aliphatic heterocycles. The highest BCUT2D eigenvalue weighted by Gasteiger charge is 2.16. The molecule has 0 bridgehead atoms. The number of rotatable bonds is 22. The van der Waals surface area contributed by atoms with Gasteiger partial charge in [0, 0.05) is 108 Å². The Kier molecular flexibility index (Phi) is 19.1. The Morgan fingerprint density at radius 2 is 0.784 bits per heavy atom. The average molecular weight is 523 g/mol. The molecule has 0 atom stereocenters. The summed E-state index contributed by atoms with van der Waals surface area (Å²) in [5.41, 5.74) is 12.6. The Morgan fingerprint density at radius 1 is 0.514 bits per heavy atom. The van der Waals surface area contributed by atoms with Crippen molar-refractivity contribution in [3.05, 3.63) is 36.5 Å². The smallest absolute Gasteiger partial charge is 0.248 e. The van der Waals surface area contributed by atoms with Gasteiger partial charge in [-0.25, -0.2) is 0 Å². The third-order valence-corrected chi connectivity index (χ3v) is 5.47. The first-order valence-corrected chi connectivity index (χ1v) is 12.9. The summed E-state index contributed by atoms with van der Waals surface area (Å²) in [7, 11) is 0. The van der Waals surface area contributed by atoms with Crippen molar-refractivity contribution in [1.82, 2.24) is 30.7 Å². The first-order chi connectivity index (χ1) is 17.6. The number of nitrogens with two attached hydrogens (primary N) is 2. The zero-order valence-corrected chi connectivity index (χ0v) is 23.2. The number of hydrogen-bond donors (Lipinski definition) is 5. The molecule has 0 heterocycles. The van der Waals surface area contributed by atoms with E-state index in [2.05, 4.69) is 35.7 Å². The monoisotopic (exact) mass is 522 g/mol. The van der Waals surface area contributed by atoms with E-state index in [4.69, 9.17) is 11.5 Å². The van der Waals surface area contributed by atoms with Crippen molar-refractivity contribution in [2.75, 3.05) is 91.6 Å². The quantitative estimate of drug-likeness (QED) is 0.0887. The molecule has 0 rings (SSSR count). The van der Waals surface area contributed by atoms with Crippen molar-refractivity contribution in [2.24, 2.45) is 11.5 Å². The van der Waals surface area contributed by atoms with Gasteiger partial charge in [0.25, 0.3) is 0 Å². The SMILES string of the molecule is C=C(C)C(=O)N(CCN)CCNCCN(CCNCCN(CCNCCN)C(=O)C(=C)C)C(=O)C(=C)C. The van der Waals surface area contributed by atoms with Crippen LogP contribution in [0.2, 0.25) is 0 Å². The van der Waals surface area contributed by atoms with Gasteiger partial charge in [0.05, 0.1) is 0 Å². The second-order valence-electron chi connectivity index (χ2n) is 9.04. The molecule has 0 saturated heterocycles. The number of hydrogen-bond acceptors (Lipinski definition) is 8. The lowest BCUT2D eigenvalue weighted by Crippen LogP contribution is -2.45. The van der Waals surface area contributed by atoms with E-state index >= 15 is 0 Å². The van der Waals surface area contributed by atoms with Gasteiger partial charge in [-0.2, -0.15) is 0 Å². The number of carbonyl (C=O) groups is 3. The van der Waals surface area contributed by atoms with Crippen LogP contribution in [-0.4, -0.2) is 124 Å². The maximum absolute atomic E-state index is 12.6. The van der Waals surface area contributed by atoms with Crippen LogP contribution in [0.1, 0.15) is 20.8 Å². The summed E-state index contributed by atoms with van der Waals surface area (Å²) in [6.07, 6.45) is 0. The molecule has 7 N–H and O–H groups in total. The van der Waals surface area contributed by atoms with Gasteiger partial charge in [-0.3, -0.25) is 14.4 Å². The van der Waals surface area contributed by atoms with E-state index in [0.29, 0.717) is 108 Å². The molecule has 0 aliphatic rings. The zero-order valence-electron chi connectivity index (χ0n) is 23.2. The number of nitrogens with zero attached hydrogens (tertiary/aromatic N) is 3. The lowest BCUT2D eigenvalue weighted by molar-refractivity contribution is -0.127. The second kappa shape index (κ2) is 20.5. The van der Waals surface area contributed by atoms with E-state index in [1.807, 2.05) is 0 Å². The van der Waals surface area contributed by atoms with Crippen LogP contribution in [0.5, 0.6) is 0 Å². The first-order valence-electron chi connectivity index (χ1n) is 12.9. The summed E-state index contributed by atoms with van der Waals surface area (Å²) in [5, 5.41) is 9.80. The van der Waals surface area contributed by atoms with Gasteiger partial charge >= 0.3 is 0 Å². The van der Waals surface area contributed by atoms with Crippen molar-refractivity contribution in [3.8, 4) is 0 Å². The van der Waals surface area contributed by atoms with Crippen LogP contribution in [0.4, 0.5) is 0 Å². The Balaban J connectivity index is 4.58. The highest BCUT2D eigenvalue weighted by atomic mass is 16.2. The predicted octanol–water partition coefficient (Wildman–Crippen LogP) is -1.11. The third-order valence-electron chi connectivity index (χ3n) is 5.47. The summed E-state index contributed by atoms with van der Waals surface area (Å²) in [4.78, 5) is 42.3. The van der Waals surface area contributed by atoms with Crippen LogP contribution in [0.25, 0.3) is 0 Å². The number of carbonyl (C=O) groups excluding carboxylic acids is 3. The Morgan fingerprint density at radius 3 is 1.03 bits per heavy atom. The molecular formula is C26H50N8O3. The van der Waals surface area contributed by atoms with Gasteiger partial charge in [0.15, 0.2) is 0 Å². The van der Waals surface area contributed by atoms with E-state index in [1.54, 1.807) is 35.5 Å². The third kappa shape index (κ3) is 15.3. The molecule has 0 saturated carbocycles. The minimum atomic E-state index is -0.104.